The first-order chi connectivity index (χ1) is 14.2. The molecule has 2 aromatic rings. The van der Waals surface area contributed by atoms with Gasteiger partial charge in [0.15, 0.2) is 0 Å². The summed E-state index contributed by atoms with van der Waals surface area (Å²) in [5, 5.41) is 3.39. The van der Waals surface area contributed by atoms with E-state index in [-0.39, 0.29) is 17.1 Å². The van der Waals surface area contributed by atoms with Crippen molar-refractivity contribution in [1.82, 2.24) is 0 Å². The van der Waals surface area contributed by atoms with Gasteiger partial charge in [-0.15, -0.1) is 11.3 Å². The lowest BCUT2D eigenvalue weighted by Crippen LogP contribution is -2.28. The lowest BCUT2D eigenvalue weighted by Gasteiger charge is -2.36. The third-order valence-corrected chi connectivity index (χ3v) is 7.37. The molecule has 1 aromatic heterocycles. The van der Waals surface area contributed by atoms with Gasteiger partial charge in [0.05, 0.1) is 12.7 Å². The highest BCUT2D eigenvalue weighted by atomic mass is 32.1. The molecule has 0 bridgehead atoms. The van der Waals surface area contributed by atoms with Crippen LogP contribution in [0.4, 0.5) is 9.39 Å². The van der Waals surface area contributed by atoms with E-state index in [0.717, 1.165) is 41.7 Å². The molecule has 1 unspecified atom stereocenters. The first-order valence-corrected chi connectivity index (χ1v) is 11.0. The van der Waals surface area contributed by atoms with Crippen LogP contribution < -0.4 is 5.32 Å². The maximum absolute atomic E-state index is 13.0. The smallest absolute Gasteiger partial charge is 0.341 e. The summed E-state index contributed by atoms with van der Waals surface area (Å²) in [6.45, 7) is 6.80. The molecule has 6 heteroatoms. The van der Waals surface area contributed by atoms with Gasteiger partial charge in [0.1, 0.15) is 10.8 Å². The van der Waals surface area contributed by atoms with E-state index in [1.165, 1.54) is 36.7 Å². The van der Waals surface area contributed by atoms with Crippen molar-refractivity contribution in [3.63, 3.8) is 0 Å². The fourth-order valence-electron chi connectivity index (χ4n) is 3.85. The number of rotatable bonds is 6. The number of methoxy groups -OCH3 is 1. The summed E-state index contributed by atoms with van der Waals surface area (Å²) in [5.74, 6) is -0.541. The molecule has 0 saturated heterocycles. The number of halogens is 1. The summed E-state index contributed by atoms with van der Waals surface area (Å²) in [6, 6.07) is 5.87. The van der Waals surface area contributed by atoms with E-state index in [9.17, 15) is 14.0 Å². The molecule has 160 valence electrons. The van der Waals surface area contributed by atoms with Crippen LogP contribution in [-0.4, -0.2) is 19.0 Å². The number of thiophene rings is 1. The van der Waals surface area contributed by atoms with Gasteiger partial charge in [0, 0.05) is 11.0 Å². The third-order valence-electron chi connectivity index (χ3n) is 6.21. The number of carbonyl (C=O) groups is 2. The van der Waals surface area contributed by atoms with Gasteiger partial charge >= 0.3 is 5.97 Å². The molecular weight excluding hydrogens is 401 g/mol. The molecule has 0 spiro atoms. The normalized spacial score (nSPS) is 16.4. The maximum atomic E-state index is 13.0. The van der Waals surface area contributed by atoms with Gasteiger partial charge in [-0.1, -0.05) is 39.3 Å². The van der Waals surface area contributed by atoms with Gasteiger partial charge in [-0.2, -0.15) is 0 Å². The molecule has 1 aromatic carbocycles. The van der Waals surface area contributed by atoms with Crippen LogP contribution in [0.3, 0.4) is 0 Å². The highest BCUT2D eigenvalue weighted by molar-refractivity contribution is 7.17. The van der Waals surface area contributed by atoms with Crippen LogP contribution in [0.5, 0.6) is 0 Å². The molecule has 0 radical (unpaired) electrons. The largest absolute Gasteiger partial charge is 0.465 e. The van der Waals surface area contributed by atoms with Gasteiger partial charge in [0.2, 0.25) is 5.91 Å². The average Bonchev–Trinajstić information content (AvgIpc) is 3.09. The summed E-state index contributed by atoms with van der Waals surface area (Å²) in [6.07, 6.45) is 6.83. The lowest BCUT2D eigenvalue weighted by molar-refractivity contribution is -0.111. The van der Waals surface area contributed by atoms with Crippen LogP contribution >= 0.6 is 11.3 Å². The number of esters is 1. The molecule has 0 saturated carbocycles. The van der Waals surface area contributed by atoms with Gasteiger partial charge in [-0.3, -0.25) is 4.79 Å². The van der Waals surface area contributed by atoms with E-state index in [1.54, 1.807) is 18.2 Å². The number of hydrogen-bond donors (Lipinski definition) is 1. The minimum absolute atomic E-state index is 0.231. The second-order valence-electron chi connectivity index (χ2n) is 8.36. The van der Waals surface area contributed by atoms with Crippen LogP contribution in [0, 0.1) is 17.2 Å². The summed E-state index contributed by atoms with van der Waals surface area (Å²) >= 11 is 1.47. The van der Waals surface area contributed by atoms with Gasteiger partial charge < -0.3 is 10.1 Å². The molecule has 30 heavy (non-hydrogen) atoms. The first kappa shape index (κ1) is 22.2. The zero-order chi connectivity index (χ0) is 21.9. The quantitative estimate of drug-likeness (QED) is 0.462. The van der Waals surface area contributed by atoms with E-state index in [4.69, 9.17) is 4.74 Å². The van der Waals surface area contributed by atoms with E-state index < -0.39 is 5.97 Å². The molecule has 1 atom stereocenters. The fraction of sp³-hybridized carbons (Fsp3) is 0.417. The van der Waals surface area contributed by atoms with Crippen molar-refractivity contribution >= 4 is 34.3 Å². The third kappa shape index (κ3) is 4.81. The number of nitrogens with one attached hydrogen (secondary N) is 1. The van der Waals surface area contributed by atoms with Crippen molar-refractivity contribution in [2.75, 3.05) is 12.4 Å². The lowest BCUT2D eigenvalue weighted by atomic mass is 9.69. The Bertz CT molecular complexity index is 960. The zero-order valence-electron chi connectivity index (χ0n) is 17.9. The number of fused-ring (bicyclic) bond motifs is 1. The van der Waals surface area contributed by atoms with Gasteiger partial charge in [0.25, 0.3) is 0 Å². The average molecular weight is 430 g/mol. The predicted octanol–water partition coefficient (Wildman–Crippen LogP) is 5.87. The molecule has 0 aliphatic heterocycles. The minimum atomic E-state index is -0.418. The number of hydrogen-bond acceptors (Lipinski definition) is 4. The van der Waals surface area contributed by atoms with Crippen LogP contribution in [0.25, 0.3) is 6.08 Å². The number of carbonyl (C=O) groups excluding carboxylic acids is 2. The predicted molar refractivity (Wildman–Crippen MR) is 119 cm³/mol. The molecule has 0 fully saturated rings. The molecule has 1 aliphatic rings. The van der Waals surface area contributed by atoms with E-state index in [2.05, 4.69) is 26.1 Å². The molecule has 1 N–H and O–H groups in total. The Morgan fingerprint density at radius 3 is 2.63 bits per heavy atom. The number of anilines is 1. The Morgan fingerprint density at radius 2 is 2.00 bits per heavy atom. The minimum Gasteiger partial charge on any atom is -0.465 e. The van der Waals surface area contributed by atoms with E-state index >= 15 is 0 Å². The van der Waals surface area contributed by atoms with Crippen molar-refractivity contribution in [2.45, 2.75) is 46.5 Å². The number of amides is 1. The fourth-order valence-corrected chi connectivity index (χ4v) is 5.17. The van der Waals surface area contributed by atoms with E-state index in [0.29, 0.717) is 16.5 Å². The van der Waals surface area contributed by atoms with E-state index in [1.807, 2.05) is 0 Å². The number of ether oxygens (including phenoxy) is 1. The maximum Gasteiger partial charge on any atom is 0.341 e. The topological polar surface area (TPSA) is 55.4 Å². The van der Waals surface area contributed by atoms with Gasteiger partial charge in [-0.05, 0) is 59.9 Å². The van der Waals surface area contributed by atoms with Crippen LogP contribution in [-0.2, 0) is 22.4 Å². The van der Waals surface area contributed by atoms with Crippen molar-refractivity contribution in [3.8, 4) is 0 Å². The van der Waals surface area contributed by atoms with Crippen molar-refractivity contribution < 1.29 is 18.7 Å². The molecule has 1 aliphatic carbocycles. The summed E-state index contributed by atoms with van der Waals surface area (Å²) in [5.41, 5.74) is 2.44. The second-order valence-corrected chi connectivity index (χ2v) is 9.46. The standard InChI is InChI=1S/C24H28FNO3S/c1-5-24(2,3)16-9-12-18-19(14-16)30-22(21(18)23(28)29-4)26-20(27)13-8-15-6-10-17(25)11-7-15/h6-8,10-11,13,16H,5,9,12,14H2,1-4H3,(H,26,27). The Labute approximate surface area is 181 Å². The van der Waals surface area contributed by atoms with Crippen molar-refractivity contribution in [2.24, 2.45) is 11.3 Å². The van der Waals surface area contributed by atoms with Crippen molar-refractivity contribution in [3.05, 3.63) is 57.7 Å². The molecule has 1 heterocycles. The molecule has 4 nitrogen and oxygen atoms in total. The Balaban J connectivity index is 1.83. The Hall–Kier alpha value is -2.47. The molecular formula is C24H28FNO3S. The monoisotopic (exact) mass is 429 g/mol. The highest BCUT2D eigenvalue weighted by Gasteiger charge is 2.35. The summed E-state index contributed by atoms with van der Waals surface area (Å²) < 4.78 is 18.0. The second kappa shape index (κ2) is 9.13. The van der Waals surface area contributed by atoms with Crippen LogP contribution in [0.15, 0.2) is 30.3 Å². The van der Waals surface area contributed by atoms with Crippen molar-refractivity contribution in [1.29, 1.82) is 0 Å². The number of benzene rings is 1. The zero-order valence-corrected chi connectivity index (χ0v) is 18.7. The Morgan fingerprint density at radius 1 is 1.30 bits per heavy atom. The van der Waals surface area contributed by atoms with Gasteiger partial charge in [-0.25, -0.2) is 9.18 Å². The summed E-state index contributed by atoms with van der Waals surface area (Å²) in [4.78, 5) is 26.1. The highest BCUT2D eigenvalue weighted by Crippen LogP contribution is 2.45. The summed E-state index contributed by atoms with van der Waals surface area (Å²) in [7, 11) is 1.36. The molecule has 3 rings (SSSR count). The van der Waals surface area contributed by atoms with Crippen LogP contribution in [0.2, 0.25) is 0 Å². The first-order valence-electron chi connectivity index (χ1n) is 10.2. The SMILES string of the molecule is CCC(C)(C)C1CCc2c(sc(NC(=O)C=Cc3ccc(F)cc3)c2C(=O)OC)C1. The van der Waals surface area contributed by atoms with Crippen LogP contribution in [0.1, 0.15) is 60.0 Å². The Kier molecular flexibility index (Phi) is 6.76. The molecule has 1 amide bonds.